The lowest BCUT2D eigenvalue weighted by atomic mass is 9.95. The summed E-state index contributed by atoms with van der Waals surface area (Å²) in [7, 11) is 0. The highest BCUT2D eigenvalue weighted by Gasteiger charge is 2.10. The van der Waals surface area contributed by atoms with Gasteiger partial charge in [-0.1, -0.05) is 45.0 Å². The molecular formula is C14H19ClO. The molecule has 0 radical (unpaired) electrons. The van der Waals surface area contributed by atoms with Gasteiger partial charge in [-0.15, -0.1) is 0 Å². The SMILES string of the molecule is CCC(C)c1ccc(CC(C)C(=O)Cl)cc1. The molecule has 1 nitrogen and oxygen atoms in total. The Kier molecular flexibility index (Phi) is 5.01. The molecule has 88 valence electrons. The number of carbonyl (C=O) groups excluding carboxylic acids is 1. The number of hydrogen-bond acceptors (Lipinski definition) is 1. The van der Waals surface area contributed by atoms with Crippen molar-refractivity contribution in [2.24, 2.45) is 5.92 Å². The second-order valence-electron chi connectivity index (χ2n) is 4.46. The Labute approximate surface area is 103 Å². The lowest BCUT2D eigenvalue weighted by Crippen LogP contribution is -2.07. The molecule has 16 heavy (non-hydrogen) atoms. The number of carbonyl (C=O) groups is 1. The maximum Gasteiger partial charge on any atom is 0.224 e. The second kappa shape index (κ2) is 6.05. The summed E-state index contributed by atoms with van der Waals surface area (Å²) < 4.78 is 0. The molecule has 1 rings (SSSR count). The minimum Gasteiger partial charge on any atom is -0.281 e. The van der Waals surface area contributed by atoms with Gasteiger partial charge >= 0.3 is 0 Å². The Hall–Kier alpha value is -0.820. The van der Waals surface area contributed by atoms with Gasteiger partial charge in [0.2, 0.25) is 5.24 Å². The zero-order chi connectivity index (χ0) is 12.1. The Bertz CT molecular complexity index is 342. The molecule has 2 unspecified atom stereocenters. The Morgan fingerprint density at radius 2 is 1.81 bits per heavy atom. The molecule has 2 heteroatoms. The van der Waals surface area contributed by atoms with Crippen LogP contribution in [0.4, 0.5) is 0 Å². The topological polar surface area (TPSA) is 17.1 Å². The molecule has 0 aliphatic heterocycles. The van der Waals surface area contributed by atoms with E-state index in [2.05, 4.69) is 38.1 Å². The predicted molar refractivity (Wildman–Crippen MR) is 68.9 cm³/mol. The molecule has 0 aliphatic rings. The van der Waals surface area contributed by atoms with E-state index < -0.39 is 0 Å². The molecule has 0 saturated carbocycles. The fraction of sp³-hybridized carbons (Fsp3) is 0.500. The van der Waals surface area contributed by atoms with Crippen molar-refractivity contribution >= 4 is 16.8 Å². The summed E-state index contributed by atoms with van der Waals surface area (Å²) in [6.45, 7) is 6.27. The van der Waals surface area contributed by atoms with Crippen molar-refractivity contribution in [3.8, 4) is 0 Å². The van der Waals surface area contributed by atoms with Gasteiger partial charge in [0.05, 0.1) is 0 Å². The van der Waals surface area contributed by atoms with Gasteiger partial charge in [0.1, 0.15) is 0 Å². The van der Waals surface area contributed by atoms with E-state index in [0.29, 0.717) is 5.92 Å². The van der Waals surface area contributed by atoms with Crippen LogP contribution in [-0.2, 0) is 11.2 Å². The minimum atomic E-state index is -0.258. The molecule has 0 aliphatic carbocycles. The monoisotopic (exact) mass is 238 g/mol. The average molecular weight is 239 g/mol. The van der Waals surface area contributed by atoms with E-state index in [1.807, 2.05) is 6.92 Å². The summed E-state index contributed by atoms with van der Waals surface area (Å²) in [6, 6.07) is 8.49. The van der Waals surface area contributed by atoms with Gasteiger partial charge in [0.15, 0.2) is 0 Å². The maximum atomic E-state index is 10.9. The van der Waals surface area contributed by atoms with Crippen LogP contribution in [0.2, 0.25) is 0 Å². The Balaban J connectivity index is 2.68. The van der Waals surface area contributed by atoms with Crippen molar-refractivity contribution in [3.05, 3.63) is 35.4 Å². The fourth-order valence-electron chi connectivity index (χ4n) is 1.65. The summed E-state index contributed by atoms with van der Waals surface area (Å²) >= 11 is 5.44. The van der Waals surface area contributed by atoms with Crippen molar-refractivity contribution in [1.29, 1.82) is 0 Å². The van der Waals surface area contributed by atoms with E-state index in [4.69, 9.17) is 11.6 Å². The summed E-state index contributed by atoms with van der Waals surface area (Å²) in [4.78, 5) is 10.9. The standard InChI is InChI=1S/C14H19ClO/c1-4-10(2)13-7-5-12(6-8-13)9-11(3)14(15)16/h5-8,10-11H,4,9H2,1-3H3. The highest BCUT2D eigenvalue weighted by Crippen LogP contribution is 2.20. The summed E-state index contributed by atoms with van der Waals surface area (Å²) in [5.41, 5.74) is 2.53. The minimum absolute atomic E-state index is 0.101. The molecule has 0 aromatic heterocycles. The normalized spacial score (nSPS) is 14.5. The van der Waals surface area contributed by atoms with Gasteiger partial charge in [-0.25, -0.2) is 0 Å². The van der Waals surface area contributed by atoms with Gasteiger partial charge in [-0.05, 0) is 41.5 Å². The van der Waals surface area contributed by atoms with Crippen LogP contribution in [-0.4, -0.2) is 5.24 Å². The largest absolute Gasteiger partial charge is 0.281 e. The quantitative estimate of drug-likeness (QED) is 0.705. The first kappa shape index (κ1) is 13.2. The molecule has 0 N–H and O–H groups in total. The number of hydrogen-bond donors (Lipinski definition) is 0. The van der Waals surface area contributed by atoms with Gasteiger partial charge < -0.3 is 0 Å². The zero-order valence-corrected chi connectivity index (χ0v) is 10.9. The smallest absolute Gasteiger partial charge is 0.224 e. The van der Waals surface area contributed by atoms with Gasteiger partial charge in [-0.3, -0.25) is 4.79 Å². The molecule has 1 aromatic carbocycles. The van der Waals surface area contributed by atoms with Crippen LogP contribution in [0.1, 0.15) is 44.2 Å². The summed E-state index contributed by atoms with van der Waals surface area (Å²) in [5.74, 6) is 0.497. The molecule has 0 bridgehead atoms. The van der Waals surface area contributed by atoms with Gasteiger partial charge in [-0.2, -0.15) is 0 Å². The molecule has 0 amide bonds. The van der Waals surface area contributed by atoms with Gasteiger partial charge in [0.25, 0.3) is 0 Å². The number of halogens is 1. The first-order chi connectivity index (χ1) is 7.54. The number of benzene rings is 1. The predicted octanol–water partition coefficient (Wildman–Crippen LogP) is 4.14. The average Bonchev–Trinajstić information content (AvgIpc) is 2.28. The lowest BCUT2D eigenvalue weighted by Gasteiger charge is -2.11. The highest BCUT2D eigenvalue weighted by atomic mass is 35.5. The molecule has 0 fully saturated rings. The van der Waals surface area contributed by atoms with Crippen molar-refractivity contribution in [2.45, 2.75) is 39.5 Å². The fourth-order valence-corrected chi connectivity index (χ4v) is 1.73. The van der Waals surface area contributed by atoms with E-state index in [1.54, 1.807) is 0 Å². The molecule has 0 spiro atoms. The van der Waals surface area contributed by atoms with E-state index >= 15 is 0 Å². The van der Waals surface area contributed by atoms with Crippen LogP contribution in [0.25, 0.3) is 0 Å². The van der Waals surface area contributed by atoms with Crippen molar-refractivity contribution in [2.75, 3.05) is 0 Å². The lowest BCUT2D eigenvalue weighted by molar-refractivity contribution is -0.114. The molecule has 0 saturated heterocycles. The van der Waals surface area contributed by atoms with Crippen LogP contribution < -0.4 is 0 Å². The van der Waals surface area contributed by atoms with E-state index in [1.165, 1.54) is 11.1 Å². The van der Waals surface area contributed by atoms with E-state index in [0.717, 1.165) is 12.8 Å². The van der Waals surface area contributed by atoms with E-state index in [-0.39, 0.29) is 11.2 Å². The molecule has 1 aromatic rings. The van der Waals surface area contributed by atoms with Crippen molar-refractivity contribution in [3.63, 3.8) is 0 Å². The third-order valence-corrected chi connectivity index (χ3v) is 3.46. The van der Waals surface area contributed by atoms with Crippen molar-refractivity contribution < 1.29 is 4.79 Å². The third-order valence-electron chi connectivity index (χ3n) is 3.09. The van der Waals surface area contributed by atoms with Crippen molar-refractivity contribution in [1.82, 2.24) is 0 Å². The summed E-state index contributed by atoms with van der Waals surface area (Å²) in [6.07, 6.45) is 1.87. The second-order valence-corrected chi connectivity index (χ2v) is 4.83. The van der Waals surface area contributed by atoms with Crippen LogP contribution in [0.15, 0.2) is 24.3 Å². The van der Waals surface area contributed by atoms with E-state index in [9.17, 15) is 4.79 Å². The van der Waals surface area contributed by atoms with Crippen LogP contribution in [0.3, 0.4) is 0 Å². The Morgan fingerprint density at radius 1 is 1.25 bits per heavy atom. The first-order valence-electron chi connectivity index (χ1n) is 5.82. The van der Waals surface area contributed by atoms with Crippen LogP contribution in [0, 0.1) is 5.92 Å². The van der Waals surface area contributed by atoms with Crippen LogP contribution >= 0.6 is 11.6 Å². The maximum absolute atomic E-state index is 10.9. The molecule has 2 atom stereocenters. The van der Waals surface area contributed by atoms with Crippen LogP contribution in [0.5, 0.6) is 0 Å². The van der Waals surface area contributed by atoms with Gasteiger partial charge in [0, 0.05) is 5.92 Å². The summed E-state index contributed by atoms with van der Waals surface area (Å²) in [5, 5.41) is -0.258. The third kappa shape index (κ3) is 3.64. The number of rotatable bonds is 5. The highest BCUT2D eigenvalue weighted by molar-refractivity contribution is 6.63. The first-order valence-corrected chi connectivity index (χ1v) is 6.20. The molecule has 0 heterocycles. The molecular weight excluding hydrogens is 220 g/mol. The Morgan fingerprint density at radius 3 is 2.25 bits per heavy atom. The zero-order valence-electron chi connectivity index (χ0n) is 10.2.